The van der Waals surface area contributed by atoms with Crippen molar-refractivity contribution in [3.8, 4) is 0 Å². The Hall–Kier alpha value is -1.73. The zero-order valence-electron chi connectivity index (χ0n) is 15.9. The van der Waals surface area contributed by atoms with Crippen LogP contribution in [-0.2, 0) is 27.2 Å². The van der Waals surface area contributed by atoms with E-state index in [9.17, 15) is 14.4 Å². The number of amides is 3. The minimum absolute atomic E-state index is 0.110. The number of nitrogens with one attached hydrogen (secondary N) is 1. The van der Waals surface area contributed by atoms with Crippen LogP contribution in [0.3, 0.4) is 0 Å². The smallest absolute Gasteiger partial charge is 0.254 e. The van der Waals surface area contributed by atoms with Crippen LogP contribution in [0.25, 0.3) is 0 Å². The van der Waals surface area contributed by atoms with E-state index in [2.05, 4.69) is 12.2 Å². The van der Waals surface area contributed by atoms with Gasteiger partial charge in [0.1, 0.15) is 5.00 Å². The molecule has 0 spiro atoms. The normalized spacial score (nSPS) is 36.0. The molecule has 4 fully saturated rings. The highest BCUT2D eigenvalue weighted by molar-refractivity contribution is 7.17. The number of hydrogen-bond acceptors (Lipinski definition) is 5. The van der Waals surface area contributed by atoms with Crippen LogP contribution >= 0.6 is 11.3 Å². The molecule has 2 bridgehead atoms. The first-order valence-corrected chi connectivity index (χ1v) is 11.3. The number of anilines is 1. The molecular formula is C21H24N2O4S. The topological polar surface area (TPSA) is 75.7 Å². The van der Waals surface area contributed by atoms with Gasteiger partial charge in [-0.15, -0.1) is 11.3 Å². The van der Waals surface area contributed by atoms with Gasteiger partial charge in [0.2, 0.25) is 11.8 Å². The van der Waals surface area contributed by atoms with Gasteiger partial charge in [-0.25, -0.2) is 4.90 Å². The van der Waals surface area contributed by atoms with Crippen molar-refractivity contribution < 1.29 is 19.1 Å². The molecule has 1 saturated carbocycles. The maximum absolute atomic E-state index is 13.3. The summed E-state index contributed by atoms with van der Waals surface area (Å²) in [6.07, 6.45) is 6.27. The molecule has 0 radical (unpaired) electrons. The molecule has 5 atom stereocenters. The fourth-order valence-corrected chi connectivity index (χ4v) is 7.04. The Morgan fingerprint density at radius 1 is 1.07 bits per heavy atom. The molecule has 2 aliphatic carbocycles. The van der Waals surface area contributed by atoms with Crippen molar-refractivity contribution in [1.82, 2.24) is 5.32 Å². The van der Waals surface area contributed by atoms with E-state index in [1.165, 1.54) is 21.1 Å². The molecule has 7 heteroatoms. The summed E-state index contributed by atoms with van der Waals surface area (Å²) >= 11 is 1.49. The summed E-state index contributed by atoms with van der Waals surface area (Å²) in [6.45, 7) is 2.22. The van der Waals surface area contributed by atoms with E-state index in [0.29, 0.717) is 16.5 Å². The second-order valence-corrected chi connectivity index (χ2v) is 10.2. The van der Waals surface area contributed by atoms with Crippen LogP contribution in [0.15, 0.2) is 0 Å². The van der Waals surface area contributed by atoms with Crippen molar-refractivity contribution >= 4 is 34.1 Å². The molecule has 5 aliphatic rings. The summed E-state index contributed by atoms with van der Waals surface area (Å²) < 4.78 is 5.85. The molecule has 1 aromatic heterocycles. The molecule has 0 unspecified atom stereocenters. The van der Waals surface area contributed by atoms with Crippen molar-refractivity contribution in [3.05, 3.63) is 16.0 Å². The van der Waals surface area contributed by atoms with E-state index < -0.39 is 0 Å². The van der Waals surface area contributed by atoms with Crippen molar-refractivity contribution in [2.75, 3.05) is 4.90 Å². The van der Waals surface area contributed by atoms with Crippen molar-refractivity contribution in [2.24, 2.45) is 17.8 Å². The molecule has 6 rings (SSSR count). The average Bonchev–Trinajstić information content (AvgIpc) is 3.03. The SMILES string of the molecule is C[C@@H]1CCc2c(sc(N3C(=O)[C@H]4[C@H](C3=O)[C@H]3CC[C@H]4O3)c2C(=O)NC2CC2)C1. The number of thiophene rings is 1. The van der Waals surface area contributed by atoms with E-state index >= 15 is 0 Å². The second-order valence-electron chi connectivity index (χ2n) is 9.13. The predicted molar refractivity (Wildman–Crippen MR) is 103 cm³/mol. The fraction of sp³-hybridized carbons (Fsp3) is 0.667. The van der Waals surface area contributed by atoms with Crippen LogP contribution in [0.4, 0.5) is 5.00 Å². The Labute approximate surface area is 167 Å². The van der Waals surface area contributed by atoms with E-state index in [1.807, 2.05) is 0 Å². The third-order valence-electron chi connectivity index (χ3n) is 7.12. The summed E-state index contributed by atoms with van der Waals surface area (Å²) in [6, 6.07) is 0.243. The zero-order valence-corrected chi connectivity index (χ0v) is 16.7. The standard InChI is InChI=1S/C21H24N2O4S/c1-9-2-5-11-14(8-9)28-21(15(11)18(24)22-10-3-4-10)23-19(25)16-12-6-7-13(27-12)17(16)20(23)26/h9-10,12-13,16-17H,2-8H2,1H3,(H,22,24)/t9-,12-,13-,16-,17-/m1/s1. The van der Waals surface area contributed by atoms with Crippen molar-refractivity contribution in [2.45, 2.75) is 70.1 Å². The number of fused-ring (bicyclic) bond motifs is 6. The number of rotatable bonds is 3. The van der Waals surface area contributed by atoms with Gasteiger partial charge < -0.3 is 10.1 Å². The van der Waals surface area contributed by atoms with Crippen molar-refractivity contribution in [3.63, 3.8) is 0 Å². The Balaban J connectivity index is 1.43. The molecular weight excluding hydrogens is 376 g/mol. The monoisotopic (exact) mass is 400 g/mol. The van der Waals surface area contributed by atoms with Gasteiger partial charge >= 0.3 is 0 Å². The van der Waals surface area contributed by atoms with Gasteiger partial charge in [-0.3, -0.25) is 14.4 Å². The Kier molecular flexibility index (Phi) is 3.61. The first-order chi connectivity index (χ1) is 13.5. The van der Waals surface area contributed by atoms with Gasteiger partial charge in [0, 0.05) is 10.9 Å². The summed E-state index contributed by atoms with van der Waals surface area (Å²) in [5, 5.41) is 3.66. The molecule has 148 valence electrons. The third kappa shape index (κ3) is 2.32. The molecule has 3 saturated heterocycles. The number of imide groups is 1. The average molecular weight is 401 g/mol. The van der Waals surface area contributed by atoms with Crippen LogP contribution in [-0.4, -0.2) is 36.0 Å². The quantitative estimate of drug-likeness (QED) is 0.791. The number of carbonyl (C=O) groups is 3. The van der Waals surface area contributed by atoms with Crippen LogP contribution in [0.1, 0.15) is 59.8 Å². The van der Waals surface area contributed by atoms with Gasteiger partial charge in [-0.2, -0.15) is 0 Å². The zero-order chi connectivity index (χ0) is 19.2. The fourth-order valence-electron chi connectivity index (χ4n) is 5.53. The van der Waals surface area contributed by atoms with Gasteiger partial charge in [-0.1, -0.05) is 6.92 Å². The van der Waals surface area contributed by atoms with Gasteiger partial charge in [0.15, 0.2) is 0 Å². The van der Waals surface area contributed by atoms with Gasteiger partial charge in [0.05, 0.1) is 29.6 Å². The third-order valence-corrected chi connectivity index (χ3v) is 8.36. The summed E-state index contributed by atoms with van der Waals surface area (Å²) in [5.74, 6) is -0.579. The minimum Gasteiger partial charge on any atom is -0.373 e. The van der Waals surface area contributed by atoms with Crippen LogP contribution in [0.5, 0.6) is 0 Å². The summed E-state index contributed by atoms with van der Waals surface area (Å²) in [4.78, 5) is 42.2. The predicted octanol–water partition coefficient (Wildman–Crippen LogP) is 2.43. The van der Waals surface area contributed by atoms with E-state index in [-0.39, 0.29) is 47.8 Å². The lowest BCUT2D eigenvalue weighted by Gasteiger charge is -2.19. The number of nitrogens with zero attached hydrogens (tertiary/aromatic N) is 1. The van der Waals surface area contributed by atoms with E-state index in [1.54, 1.807) is 0 Å². The van der Waals surface area contributed by atoms with Gasteiger partial charge in [-0.05, 0) is 56.4 Å². The molecule has 6 nitrogen and oxygen atoms in total. The number of ether oxygens (including phenoxy) is 1. The summed E-state index contributed by atoms with van der Waals surface area (Å²) in [5.41, 5.74) is 1.65. The molecule has 3 amide bonds. The molecule has 28 heavy (non-hydrogen) atoms. The maximum atomic E-state index is 13.3. The van der Waals surface area contributed by atoms with Crippen LogP contribution < -0.4 is 10.2 Å². The lowest BCUT2D eigenvalue weighted by atomic mass is 9.81. The van der Waals surface area contributed by atoms with Crippen molar-refractivity contribution in [1.29, 1.82) is 0 Å². The number of hydrogen-bond donors (Lipinski definition) is 1. The minimum atomic E-state index is -0.358. The van der Waals surface area contributed by atoms with Crippen LogP contribution in [0.2, 0.25) is 0 Å². The second kappa shape index (κ2) is 5.89. The van der Waals surface area contributed by atoms with E-state index in [4.69, 9.17) is 4.74 Å². The summed E-state index contributed by atoms with van der Waals surface area (Å²) in [7, 11) is 0. The Bertz CT molecular complexity index is 876. The number of carbonyl (C=O) groups excluding carboxylic acids is 3. The largest absolute Gasteiger partial charge is 0.373 e. The Morgan fingerprint density at radius 2 is 1.75 bits per heavy atom. The molecule has 4 heterocycles. The highest BCUT2D eigenvalue weighted by Crippen LogP contribution is 2.52. The molecule has 0 aromatic carbocycles. The first-order valence-electron chi connectivity index (χ1n) is 10.5. The lowest BCUT2D eigenvalue weighted by molar-refractivity contribution is -0.124. The highest BCUT2D eigenvalue weighted by atomic mass is 32.1. The van der Waals surface area contributed by atoms with E-state index in [0.717, 1.165) is 50.5 Å². The Morgan fingerprint density at radius 3 is 2.39 bits per heavy atom. The lowest BCUT2D eigenvalue weighted by Crippen LogP contribution is -2.36. The van der Waals surface area contributed by atoms with Crippen LogP contribution in [0, 0.1) is 17.8 Å². The molecule has 3 aliphatic heterocycles. The molecule has 1 N–H and O–H groups in total. The molecule has 1 aromatic rings. The van der Waals surface area contributed by atoms with Gasteiger partial charge in [0.25, 0.3) is 5.91 Å². The highest BCUT2D eigenvalue weighted by Gasteiger charge is 2.63. The maximum Gasteiger partial charge on any atom is 0.254 e. The first kappa shape index (κ1) is 17.2.